The number of aliphatic carboxylic acids is 1. The number of rotatable bonds is 8. The van der Waals surface area contributed by atoms with Crippen molar-refractivity contribution in [2.45, 2.75) is 19.3 Å². The van der Waals surface area contributed by atoms with Crippen LogP contribution >= 0.6 is 0 Å². The molecule has 0 unspecified atom stereocenters. The fourth-order valence-corrected chi connectivity index (χ4v) is 2.42. The van der Waals surface area contributed by atoms with Gasteiger partial charge in [0.15, 0.2) is 6.61 Å². The molecule has 0 spiro atoms. The molecule has 0 fully saturated rings. The second-order valence-electron chi connectivity index (χ2n) is 6.51. The Hall–Kier alpha value is -3.02. The summed E-state index contributed by atoms with van der Waals surface area (Å²) >= 11 is 0. The van der Waals surface area contributed by atoms with Crippen molar-refractivity contribution in [2.75, 3.05) is 20.3 Å². The summed E-state index contributed by atoms with van der Waals surface area (Å²) in [6.07, 6.45) is 0. The smallest absolute Gasteiger partial charge is 0.341 e. The Morgan fingerprint density at radius 2 is 1.77 bits per heavy atom. The molecule has 2 aromatic carbocycles. The Balaban J connectivity index is 2.03. The van der Waals surface area contributed by atoms with Gasteiger partial charge in [-0.3, -0.25) is 4.79 Å². The van der Waals surface area contributed by atoms with E-state index in [9.17, 15) is 9.59 Å². The fourth-order valence-electron chi connectivity index (χ4n) is 2.42. The Morgan fingerprint density at radius 3 is 2.46 bits per heavy atom. The van der Waals surface area contributed by atoms with E-state index in [1.807, 2.05) is 38.1 Å². The molecule has 1 amide bonds. The van der Waals surface area contributed by atoms with Crippen LogP contribution in [-0.4, -0.2) is 37.2 Å². The first-order chi connectivity index (χ1) is 12.3. The van der Waals surface area contributed by atoms with Crippen molar-refractivity contribution in [2.24, 2.45) is 0 Å². The molecule has 6 heteroatoms. The third-order valence-corrected chi connectivity index (χ3v) is 4.00. The predicted molar refractivity (Wildman–Crippen MR) is 97.9 cm³/mol. The van der Waals surface area contributed by atoms with Gasteiger partial charge in [0.1, 0.15) is 11.5 Å². The number of ether oxygens (including phenoxy) is 2. The van der Waals surface area contributed by atoms with Crippen LogP contribution in [0.15, 0.2) is 48.5 Å². The molecule has 0 aliphatic carbocycles. The number of amides is 1. The fraction of sp³-hybridized carbons (Fsp3) is 0.300. The minimum Gasteiger partial charge on any atom is -0.497 e. The third-order valence-electron chi connectivity index (χ3n) is 4.00. The summed E-state index contributed by atoms with van der Waals surface area (Å²) in [5.41, 5.74) is 1.17. The Bertz CT molecular complexity index is 785. The van der Waals surface area contributed by atoms with Gasteiger partial charge in [-0.15, -0.1) is 0 Å². The first-order valence-corrected chi connectivity index (χ1v) is 8.19. The number of carbonyl (C=O) groups is 2. The molecule has 2 rings (SSSR count). The molecule has 0 atom stereocenters. The summed E-state index contributed by atoms with van der Waals surface area (Å²) in [4.78, 5) is 23.0. The van der Waals surface area contributed by atoms with Crippen molar-refractivity contribution in [1.82, 2.24) is 5.32 Å². The zero-order chi connectivity index (χ0) is 19.2. The summed E-state index contributed by atoms with van der Waals surface area (Å²) in [5.74, 6) is -0.209. The number of hydrogen-bond donors (Lipinski definition) is 2. The Kier molecular flexibility index (Phi) is 6.22. The van der Waals surface area contributed by atoms with E-state index >= 15 is 0 Å². The molecule has 26 heavy (non-hydrogen) atoms. The molecule has 2 aromatic rings. The van der Waals surface area contributed by atoms with Crippen molar-refractivity contribution >= 4 is 11.9 Å². The minimum atomic E-state index is -1.07. The summed E-state index contributed by atoms with van der Waals surface area (Å²) < 4.78 is 10.4. The van der Waals surface area contributed by atoms with Crippen LogP contribution < -0.4 is 14.8 Å². The normalized spacial score (nSPS) is 10.9. The SMILES string of the molecule is COc1cccc(C(C)(C)CNC(=O)c2cccc(OCC(=O)O)c2)c1. The van der Waals surface area contributed by atoms with Crippen molar-refractivity contribution < 1.29 is 24.2 Å². The number of carbonyl (C=O) groups excluding carboxylic acids is 1. The Labute approximate surface area is 152 Å². The predicted octanol–water partition coefficient (Wildman–Crippen LogP) is 2.87. The van der Waals surface area contributed by atoms with Gasteiger partial charge in [0.2, 0.25) is 0 Å². The van der Waals surface area contributed by atoms with Crippen LogP contribution in [0.25, 0.3) is 0 Å². The Morgan fingerprint density at radius 1 is 1.08 bits per heavy atom. The van der Waals surface area contributed by atoms with Crippen molar-refractivity contribution in [3.63, 3.8) is 0 Å². The van der Waals surface area contributed by atoms with E-state index < -0.39 is 12.6 Å². The maximum absolute atomic E-state index is 12.4. The van der Waals surface area contributed by atoms with Crippen LogP contribution in [0.2, 0.25) is 0 Å². The van der Waals surface area contributed by atoms with E-state index in [-0.39, 0.29) is 11.3 Å². The monoisotopic (exact) mass is 357 g/mol. The molecular weight excluding hydrogens is 334 g/mol. The van der Waals surface area contributed by atoms with E-state index in [0.717, 1.165) is 11.3 Å². The highest BCUT2D eigenvalue weighted by molar-refractivity contribution is 5.94. The van der Waals surface area contributed by atoms with Gasteiger partial charge < -0.3 is 19.9 Å². The number of carboxylic acids is 1. The van der Waals surface area contributed by atoms with Gasteiger partial charge in [-0.25, -0.2) is 4.79 Å². The molecule has 0 radical (unpaired) electrons. The van der Waals surface area contributed by atoms with Crippen LogP contribution in [0.1, 0.15) is 29.8 Å². The van der Waals surface area contributed by atoms with Gasteiger partial charge in [-0.2, -0.15) is 0 Å². The van der Waals surface area contributed by atoms with Crippen LogP contribution in [0.5, 0.6) is 11.5 Å². The molecule has 138 valence electrons. The molecule has 0 bridgehead atoms. The lowest BCUT2D eigenvalue weighted by Gasteiger charge is -2.26. The maximum atomic E-state index is 12.4. The van der Waals surface area contributed by atoms with Crippen molar-refractivity contribution in [3.8, 4) is 11.5 Å². The molecular formula is C20H23NO5. The lowest BCUT2D eigenvalue weighted by atomic mass is 9.84. The van der Waals surface area contributed by atoms with Crippen LogP contribution in [0.4, 0.5) is 0 Å². The summed E-state index contributed by atoms with van der Waals surface area (Å²) in [7, 11) is 1.62. The molecule has 2 N–H and O–H groups in total. The van der Waals surface area contributed by atoms with Gasteiger partial charge in [0.05, 0.1) is 7.11 Å². The minimum absolute atomic E-state index is 0.248. The average molecular weight is 357 g/mol. The molecule has 0 saturated heterocycles. The number of nitrogens with one attached hydrogen (secondary N) is 1. The third kappa shape index (κ3) is 5.24. The van der Waals surface area contributed by atoms with Gasteiger partial charge >= 0.3 is 5.97 Å². The molecule has 0 aliphatic rings. The average Bonchev–Trinajstić information content (AvgIpc) is 2.64. The number of methoxy groups -OCH3 is 1. The largest absolute Gasteiger partial charge is 0.497 e. The van der Waals surface area contributed by atoms with Gasteiger partial charge in [-0.1, -0.05) is 32.0 Å². The highest BCUT2D eigenvalue weighted by Crippen LogP contribution is 2.26. The maximum Gasteiger partial charge on any atom is 0.341 e. The first kappa shape index (κ1) is 19.3. The quantitative estimate of drug-likeness (QED) is 0.759. The summed E-state index contributed by atoms with van der Waals surface area (Å²) in [6.45, 7) is 4.05. The summed E-state index contributed by atoms with van der Waals surface area (Å²) in [6, 6.07) is 14.2. The number of hydrogen-bond acceptors (Lipinski definition) is 4. The van der Waals surface area contributed by atoms with Crippen LogP contribution in [0, 0.1) is 0 Å². The van der Waals surface area contributed by atoms with Gasteiger partial charge in [0, 0.05) is 17.5 Å². The van der Waals surface area contributed by atoms with Crippen LogP contribution in [0.3, 0.4) is 0 Å². The number of benzene rings is 2. The lowest BCUT2D eigenvalue weighted by molar-refractivity contribution is -0.139. The molecule has 0 aromatic heterocycles. The van der Waals surface area contributed by atoms with Crippen molar-refractivity contribution in [3.05, 3.63) is 59.7 Å². The van der Waals surface area contributed by atoms with Crippen molar-refractivity contribution in [1.29, 1.82) is 0 Å². The van der Waals surface area contributed by atoms with Gasteiger partial charge in [-0.05, 0) is 35.9 Å². The first-order valence-electron chi connectivity index (χ1n) is 8.19. The highest BCUT2D eigenvalue weighted by atomic mass is 16.5. The highest BCUT2D eigenvalue weighted by Gasteiger charge is 2.22. The standard InChI is InChI=1S/C20H23NO5/c1-20(2,15-7-5-8-16(11-15)25-3)13-21-19(24)14-6-4-9-17(10-14)26-12-18(22)23/h4-11H,12-13H2,1-3H3,(H,21,24)(H,22,23). The van der Waals surface area contributed by atoms with E-state index in [1.165, 1.54) is 6.07 Å². The molecule has 0 heterocycles. The van der Waals surface area contributed by atoms with E-state index in [4.69, 9.17) is 14.6 Å². The van der Waals surface area contributed by atoms with E-state index in [0.29, 0.717) is 17.9 Å². The van der Waals surface area contributed by atoms with E-state index in [2.05, 4.69) is 5.32 Å². The zero-order valence-corrected chi connectivity index (χ0v) is 15.1. The molecule has 0 saturated carbocycles. The number of carboxylic acid groups (broad SMARTS) is 1. The summed E-state index contributed by atoms with van der Waals surface area (Å²) in [5, 5.41) is 11.6. The topological polar surface area (TPSA) is 84.9 Å². The second kappa shape index (κ2) is 8.38. The van der Waals surface area contributed by atoms with Gasteiger partial charge in [0.25, 0.3) is 5.91 Å². The molecule has 6 nitrogen and oxygen atoms in total. The van der Waals surface area contributed by atoms with E-state index in [1.54, 1.807) is 25.3 Å². The van der Waals surface area contributed by atoms with Crippen LogP contribution in [-0.2, 0) is 10.2 Å². The zero-order valence-electron chi connectivity index (χ0n) is 15.1. The second-order valence-corrected chi connectivity index (χ2v) is 6.51. The lowest BCUT2D eigenvalue weighted by Crippen LogP contribution is -2.36. The molecule has 0 aliphatic heterocycles.